The number of amides is 2. The van der Waals surface area contributed by atoms with Crippen molar-refractivity contribution in [2.75, 3.05) is 19.3 Å². The molecule has 21 heavy (non-hydrogen) atoms. The lowest BCUT2D eigenvalue weighted by Crippen LogP contribution is -2.35. The molecule has 2 aromatic rings. The lowest BCUT2D eigenvalue weighted by molar-refractivity contribution is -0.119. The molecule has 1 aliphatic carbocycles. The van der Waals surface area contributed by atoms with E-state index in [1.54, 1.807) is 0 Å². The number of carbonyl (C=O) groups excluding carboxylic acids is 2. The second-order valence-electron chi connectivity index (χ2n) is 5.00. The predicted molar refractivity (Wildman–Crippen MR) is 82.5 cm³/mol. The first-order valence-electron chi connectivity index (χ1n) is 6.79. The number of hydrogen-bond donors (Lipinski definition) is 3. The van der Waals surface area contributed by atoms with Gasteiger partial charge in [0.25, 0.3) is 5.91 Å². The lowest BCUT2D eigenvalue weighted by atomic mass is 10.1. The van der Waals surface area contributed by atoms with Gasteiger partial charge in [-0.25, -0.2) is 4.98 Å². The molecule has 0 unspecified atom stereocenters. The summed E-state index contributed by atoms with van der Waals surface area (Å²) < 4.78 is 0. The van der Waals surface area contributed by atoms with Crippen LogP contribution in [0.2, 0.25) is 0 Å². The SMILES string of the molecule is CNC(=O)CNC(=O)c1sc2nc3c(cc2c1N)CCC3. The molecule has 4 N–H and O–H groups in total. The fourth-order valence-electron chi connectivity index (χ4n) is 2.50. The van der Waals surface area contributed by atoms with E-state index in [4.69, 9.17) is 5.73 Å². The second kappa shape index (κ2) is 5.33. The minimum atomic E-state index is -0.334. The van der Waals surface area contributed by atoms with E-state index in [2.05, 4.69) is 15.6 Å². The van der Waals surface area contributed by atoms with Crippen molar-refractivity contribution in [2.45, 2.75) is 19.3 Å². The third kappa shape index (κ3) is 2.44. The van der Waals surface area contributed by atoms with Crippen molar-refractivity contribution in [1.82, 2.24) is 15.6 Å². The van der Waals surface area contributed by atoms with Gasteiger partial charge in [0.15, 0.2) is 0 Å². The number of fused-ring (bicyclic) bond motifs is 2. The zero-order valence-corrected chi connectivity index (χ0v) is 12.5. The number of hydrogen-bond acceptors (Lipinski definition) is 5. The van der Waals surface area contributed by atoms with Gasteiger partial charge in [-0.3, -0.25) is 9.59 Å². The van der Waals surface area contributed by atoms with E-state index in [-0.39, 0.29) is 18.4 Å². The summed E-state index contributed by atoms with van der Waals surface area (Å²) in [7, 11) is 1.52. The number of nitrogens with zero attached hydrogens (tertiary/aromatic N) is 1. The van der Waals surface area contributed by atoms with E-state index in [0.717, 1.165) is 35.2 Å². The molecule has 2 amide bonds. The first-order chi connectivity index (χ1) is 10.1. The Bertz CT molecular complexity index is 738. The quantitative estimate of drug-likeness (QED) is 0.783. The average molecular weight is 304 g/mol. The zero-order chi connectivity index (χ0) is 15.0. The molecule has 6 nitrogen and oxygen atoms in total. The highest BCUT2D eigenvalue weighted by atomic mass is 32.1. The summed E-state index contributed by atoms with van der Waals surface area (Å²) in [5.41, 5.74) is 8.87. The third-order valence-electron chi connectivity index (χ3n) is 3.64. The minimum Gasteiger partial charge on any atom is -0.397 e. The number of aromatic nitrogens is 1. The Labute approximate surface area is 125 Å². The third-order valence-corrected chi connectivity index (χ3v) is 4.76. The van der Waals surface area contributed by atoms with Gasteiger partial charge in [0.2, 0.25) is 5.91 Å². The van der Waals surface area contributed by atoms with Crippen LogP contribution in [0.4, 0.5) is 5.69 Å². The first-order valence-corrected chi connectivity index (χ1v) is 7.61. The lowest BCUT2D eigenvalue weighted by Gasteiger charge is -2.03. The van der Waals surface area contributed by atoms with Crippen LogP contribution in [0.5, 0.6) is 0 Å². The van der Waals surface area contributed by atoms with Crippen molar-refractivity contribution < 1.29 is 9.59 Å². The molecule has 2 aromatic heterocycles. The van der Waals surface area contributed by atoms with Gasteiger partial charge in [0.05, 0.1) is 12.2 Å². The number of nitrogen functional groups attached to an aromatic ring is 1. The normalized spacial score (nSPS) is 13.2. The molecule has 0 saturated heterocycles. The molecular weight excluding hydrogens is 288 g/mol. The number of rotatable bonds is 3. The number of nitrogens with two attached hydrogens (primary N) is 1. The van der Waals surface area contributed by atoms with Crippen LogP contribution in [-0.2, 0) is 17.6 Å². The highest BCUT2D eigenvalue weighted by Gasteiger charge is 2.21. The second-order valence-corrected chi connectivity index (χ2v) is 6.00. The topological polar surface area (TPSA) is 97.1 Å². The van der Waals surface area contributed by atoms with Gasteiger partial charge < -0.3 is 16.4 Å². The maximum atomic E-state index is 12.1. The van der Waals surface area contributed by atoms with Gasteiger partial charge in [-0.15, -0.1) is 11.3 Å². The molecule has 0 aromatic carbocycles. The molecule has 0 atom stereocenters. The average Bonchev–Trinajstić information content (AvgIpc) is 3.06. The minimum absolute atomic E-state index is 0.0626. The van der Waals surface area contributed by atoms with Crippen molar-refractivity contribution in [3.63, 3.8) is 0 Å². The van der Waals surface area contributed by atoms with Crippen molar-refractivity contribution >= 4 is 39.1 Å². The largest absolute Gasteiger partial charge is 0.397 e. The Hall–Kier alpha value is -2.15. The molecule has 7 heteroatoms. The maximum Gasteiger partial charge on any atom is 0.264 e. The number of likely N-dealkylation sites (N-methyl/N-ethyl adjacent to an activating group) is 1. The molecule has 110 valence electrons. The van der Waals surface area contributed by atoms with Crippen LogP contribution in [0.15, 0.2) is 6.07 Å². The summed E-state index contributed by atoms with van der Waals surface area (Å²) in [6, 6.07) is 2.05. The molecule has 0 bridgehead atoms. The van der Waals surface area contributed by atoms with E-state index in [1.165, 1.54) is 23.9 Å². The maximum absolute atomic E-state index is 12.1. The summed E-state index contributed by atoms with van der Waals surface area (Å²) in [4.78, 5) is 29.1. The molecule has 3 rings (SSSR count). The Morgan fingerprint density at radius 2 is 2.24 bits per heavy atom. The van der Waals surface area contributed by atoms with Crippen molar-refractivity contribution in [1.29, 1.82) is 0 Å². The Balaban J connectivity index is 1.91. The number of anilines is 1. The fourth-order valence-corrected chi connectivity index (χ4v) is 3.51. The monoisotopic (exact) mass is 304 g/mol. The Morgan fingerprint density at radius 1 is 1.43 bits per heavy atom. The number of aryl methyl sites for hydroxylation is 2. The summed E-state index contributed by atoms with van der Waals surface area (Å²) in [6.45, 7) is -0.0626. The van der Waals surface area contributed by atoms with Crippen LogP contribution >= 0.6 is 11.3 Å². The summed E-state index contributed by atoms with van der Waals surface area (Å²) in [5, 5.41) is 5.85. The van der Waals surface area contributed by atoms with E-state index in [1.807, 2.05) is 6.07 Å². The fraction of sp³-hybridized carbons (Fsp3) is 0.357. The highest BCUT2D eigenvalue weighted by molar-refractivity contribution is 7.21. The van der Waals surface area contributed by atoms with Gasteiger partial charge in [-0.2, -0.15) is 0 Å². The van der Waals surface area contributed by atoms with Crippen LogP contribution in [0.25, 0.3) is 10.2 Å². The molecule has 0 spiro atoms. The van der Waals surface area contributed by atoms with E-state index < -0.39 is 0 Å². The van der Waals surface area contributed by atoms with Gasteiger partial charge >= 0.3 is 0 Å². The van der Waals surface area contributed by atoms with Crippen molar-refractivity contribution in [3.8, 4) is 0 Å². The number of carbonyl (C=O) groups is 2. The molecule has 0 aliphatic heterocycles. The molecule has 0 radical (unpaired) electrons. The van der Waals surface area contributed by atoms with Crippen LogP contribution in [0.1, 0.15) is 27.3 Å². The number of pyridine rings is 1. The summed E-state index contributed by atoms with van der Waals surface area (Å²) >= 11 is 1.28. The molecule has 2 heterocycles. The van der Waals surface area contributed by atoms with Gasteiger partial charge in [-0.05, 0) is 30.9 Å². The standard InChI is InChI=1S/C14H16N4O2S/c1-16-10(19)6-17-13(20)12-11(15)8-5-7-3-2-4-9(7)18-14(8)21-12/h5H,2-4,6,15H2,1H3,(H,16,19)(H,17,20). The van der Waals surface area contributed by atoms with Gasteiger partial charge in [-0.1, -0.05) is 0 Å². The Morgan fingerprint density at radius 3 is 3.00 bits per heavy atom. The van der Waals surface area contributed by atoms with Crippen LogP contribution < -0.4 is 16.4 Å². The smallest absolute Gasteiger partial charge is 0.264 e. The van der Waals surface area contributed by atoms with Crippen LogP contribution in [0, 0.1) is 0 Å². The molecule has 0 fully saturated rings. The highest BCUT2D eigenvalue weighted by Crippen LogP contribution is 2.35. The number of thiophene rings is 1. The van der Waals surface area contributed by atoms with Gasteiger partial charge in [0, 0.05) is 18.1 Å². The summed E-state index contributed by atoms with van der Waals surface area (Å²) in [5.74, 6) is -0.584. The van der Waals surface area contributed by atoms with Crippen molar-refractivity contribution in [3.05, 3.63) is 22.2 Å². The molecule has 1 aliphatic rings. The number of nitrogens with one attached hydrogen (secondary N) is 2. The van der Waals surface area contributed by atoms with E-state index in [9.17, 15) is 9.59 Å². The van der Waals surface area contributed by atoms with E-state index >= 15 is 0 Å². The van der Waals surface area contributed by atoms with Crippen LogP contribution in [0.3, 0.4) is 0 Å². The molecule has 0 saturated carbocycles. The zero-order valence-electron chi connectivity index (χ0n) is 11.7. The van der Waals surface area contributed by atoms with E-state index in [0.29, 0.717) is 10.6 Å². The van der Waals surface area contributed by atoms with Crippen molar-refractivity contribution in [2.24, 2.45) is 0 Å². The molecular formula is C14H16N4O2S. The first kappa shape index (κ1) is 13.8. The van der Waals surface area contributed by atoms with Crippen LogP contribution in [-0.4, -0.2) is 30.4 Å². The Kier molecular flexibility index (Phi) is 3.50. The van der Waals surface area contributed by atoms with Gasteiger partial charge in [0.1, 0.15) is 9.71 Å². The predicted octanol–water partition coefficient (Wildman–Crippen LogP) is 0.843. The summed E-state index contributed by atoms with van der Waals surface area (Å²) in [6.07, 6.45) is 3.13.